The van der Waals surface area contributed by atoms with E-state index in [1.807, 2.05) is 0 Å². The van der Waals surface area contributed by atoms with Crippen molar-refractivity contribution in [1.82, 2.24) is 0 Å². The molecule has 16 heavy (non-hydrogen) atoms. The summed E-state index contributed by atoms with van der Waals surface area (Å²) in [6.45, 7) is 0. The van der Waals surface area contributed by atoms with Gasteiger partial charge in [0.25, 0.3) is 0 Å². The lowest BCUT2D eigenvalue weighted by atomic mass is 10.1. The molecule has 0 unspecified atom stereocenters. The standard InChI is InChI=1S/C10H8BrF3O2/c11-8-5-1-3-7(4-2-6-15)9(8)16-10(12,13)14/h1,3,5-6H,2,4H2. The predicted octanol–water partition coefficient (Wildman–Crippen LogP) is 3.48. The van der Waals surface area contributed by atoms with E-state index in [9.17, 15) is 18.0 Å². The van der Waals surface area contributed by atoms with Gasteiger partial charge in [-0.05, 0) is 34.0 Å². The number of aryl methyl sites for hydroxylation is 1. The van der Waals surface area contributed by atoms with Gasteiger partial charge in [0.05, 0.1) is 4.47 Å². The van der Waals surface area contributed by atoms with Crippen LogP contribution in [0.3, 0.4) is 0 Å². The molecule has 0 aliphatic rings. The highest BCUT2D eigenvalue weighted by atomic mass is 79.9. The summed E-state index contributed by atoms with van der Waals surface area (Å²) < 4.78 is 40.4. The summed E-state index contributed by atoms with van der Waals surface area (Å²) in [5, 5.41) is 0. The Morgan fingerprint density at radius 1 is 1.38 bits per heavy atom. The number of hydrogen-bond acceptors (Lipinski definition) is 2. The summed E-state index contributed by atoms with van der Waals surface area (Å²) in [5.41, 5.74) is 0.346. The zero-order chi connectivity index (χ0) is 12.2. The number of ether oxygens (including phenoxy) is 1. The van der Waals surface area contributed by atoms with E-state index in [1.54, 1.807) is 6.07 Å². The fourth-order valence-corrected chi connectivity index (χ4v) is 1.68. The highest BCUT2D eigenvalue weighted by Crippen LogP contribution is 2.34. The molecule has 0 aromatic heterocycles. The Morgan fingerprint density at radius 3 is 2.62 bits per heavy atom. The Balaban J connectivity index is 2.98. The van der Waals surface area contributed by atoms with Crippen molar-refractivity contribution < 1.29 is 22.7 Å². The van der Waals surface area contributed by atoms with E-state index in [-0.39, 0.29) is 23.1 Å². The predicted molar refractivity (Wildman–Crippen MR) is 55.2 cm³/mol. The smallest absolute Gasteiger partial charge is 0.404 e. The van der Waals surface area contributed by atoms with E-state index in [2.05, 4.69) is 20.7 Å². The number of alkyl halides is 3. The molecule has 0 aliphatic heterocycles. The van der Waals surface area contributed by atoms with Gasteiger partial charge in [0.15, 0.2) is 0 Å². The topological polar surface area (TPSA) is 26.3 Å². The lowest BCUT2D eigenvalue weighted by molar-refractivity contribution is -0.275. The number of rotatable bonds is 4. The van der Waals surface area contributed by atoms with Crippen LogP contribution in [0, 0.1) is 0 Å². The minimum absolute atomic E-state index is 0.157. The second-order valence-electron chi connectivity index (χ2n) is 2.98. The van der Waals surface area contributed by atoms with Crippen LogP contribution in [-0.4, -0.2) is 12.6 Å². The Hall–Kier alpha value is -1.04. The van der Waals surface area contributed by atoms with Crippen molar-refractivity contribution in [3.63, 3.8) is 0 Å². The van der Waals surface area contributed by atoms with Gasteiger partial charge >= 0.3 is 6.36 Å². The van der Waals surface area contributed by atoms with Gasteiger partial charge in [0, 0.05) is 6.42 Å². The van der Waals surface area contributed by atoms with Crippen LogP contribution in [0.1, 0.15) is 12.0 Å². The minimum Gasteiger partial charge on any atom is -0.404 e. The van der Waals surface area contributed by atoms with Crippen LogP contribution in [-0.2, 0) is 11.2 Å². The summed E-state index contributed by atoms with van der Waals surface area (Å²) in [6, 6.07) is 4.54. The molecule has 6 heteroatoms. The quantitative estimate of drug-likeness (QED) is 0.795. The lowest BCUT2D eigenvalue weighted by Crippen LogP contribution is -2.18. The summed E-state index contributed by atoms with van der Waals surface area (Å²) in [4.78, 5) is 10.2. The van der Waals surface area contributed by atoms with Gasteiger partial charge < -0.3 is 9.53 Å². The zero-order valence-electron chi connectivity index (χ0n) is 8.05. The van der Waals surface area contributed by atoms with Crippen LogP contribution in [0.15, 0.2) is 22.7 Å². The summed E-state index contributed by atoms with van der Waals surface area (Å²) in [6.07, 6.45) is -3.71. The molecule has 0 saturated heterocycles. The fourth-order valence-electron chi connectivity index (χ4n) is 1.19. The molecule has 0 N–H and O–H groups in total. The maximum atomic E-state index is 12.1. The Bertz CT molecular complexity index is 377. The molecule has 0 bridgehead atoms. The van der Waals surface area contributed by atoms with Crippen molar-refractivity contribution in [3.8, 4) is 5.75 Å². The van der Waals surface area contributed by atoms with Crippen molar-refractivity contribution in [2.75, 3.05) is 0 Å². The first-order valence-electron chi connectivity index (χ1n) is 4.41. The van der Waals surface area contributed by atoms with Crippen LogP contribution in [0.2, 0.25) is 0 Å². The largest absolute Gasteiger partial charge is 0.573 e. The molecular formula is C10H8BrF3O2. The van der Waals surface area contributed by atoms with Crippen molar-refractivity contribution in [3.05, 3.63) is 28.2 Å². The maximum absolute atomic E-state index is 12.1. The van der Waals surface area contributed by atoms with Gasteiger partial charge in [-0.3, -0.25) is 0 Å². The molecule has 1 aromatic rings. The van der Waals surface area contributed by atoms with Crippen LogP contribution < -0.4 is 4.74 Å². The summed E-state index contributed by atoms with van der Waals surface area (Å²) in [5.74, 6) is -0.281. The molecule has 0 saturated carbocycles. The third kappa shape index (κ3) is 3.84. The first-order chi connectivity index (χ1) is 7.44. The van der Waals surface area contributed by atoms with Crippen LogP contribution in [0.5, 0.6) is 5.75 Å². The first-order valence-corrected chi connectivity index (χ1v) is 5.20. The molecule has 1 aromatic carbocycles. The number of benzene rings is 1. The van der Waals surface area contributed by atoms with E-state index in [4.69, 9.17) is 0 Å². The van der Waals surface area contributed by atoms with Crippen molar-refractivity contribution in [1.29, 1.82) is 0 Å². The van der Waals surface area contributed by atoms with Gasteiger partial charge in [-0.25, -0.2) is 0 Å². The van der Waals surface area contributed by atoms with E-state index < -0.39 is 6.36 Å². The summed E-state index contributed by atoms with van der Waals surface area (Å²) in [7, 11) is 0. The van der Waals surface area contributed by atoms with E-state index in [0.29, 0.717) is 11.8 Å². The molecule has 2 nitrogen and oxygen atoms in total. The minimum atomic E-state index is -4.74. The highest BCUT2D eigenvalue weighted by Gasteiger charge is 2.32. The average molecular weight is 297 g/mol. The van der Waals surface area contributed by atoms with Crippen LogP contribution in [0.25, 0.3) is 0 Å². The van der Waals surface area contributed by atoms with Crippen LogP contribution >= 0.6 is 15.9 Å². The number of para-hydroxylation sites is 1. The molecule has 1 rings (SSSR count). The van der Waals surface area contributed by atoms with Gasteiger partial charge in [0.2, 0.25) is 0 Å². The highest BCUT2D eigenvalue weighted by molar-refractivity contribution is 9.10. The molecule has 0 fully saturated rings. The molecule has 0 amide bonds. The summed E-state index contributed by atoms with van der Waals surface area (Å²) >= 11 is 2.98. The number of aldehydes is 1. The third-order valence-electron chi connectivity index (χ3n) is 1.80. The molecule has 0 radical (unpaired) electrons. The molecule has 0 spiro atoms. The number of carbonyl (C=O) groups is 1. The molecule has 88 valence electrons. The van der Waals surface area contributed by atoms with Gasteiger partial charge in [-0.15, -0.1) is 13.2 Å². The fraction of sp³-hybridized carbons (Fsp3) is 0.300. The Morgan fingerprint density at radius 2 is 2.06 bits per heavy atom. The van der Waals surface area contributed by atoms with E-state index >= 15 is 0 Å². The zero-order valence-corrected chi connectivity index (χ0v) is 9.64. The Labute approximate surface area is 98.5 Å². The SMILES string of the molecule is O=CCCc1cccc(Br)c1OC(F)(F)F. The maximum Gasteiger partial charge on any atom is 0.573 e. The second kappa shape index (κ2) is 5.34. The molecular weight excluding hydrogens is 289 g/mol. The molecule has 0 atom stereocenters. The number of hydrogen-bond donors (Lipinski definition) is 0. The molecule has 0 aliphatic carbocycles. The van der Waals surface area contributed by atoms with E-state index in [0.717, 1.165) is 0 Å². The monoisotopic (exact) mass is 296 g/mol. The average Bonchev–Trinajstić information content (AvgIpc) is 2.17. The van der Waals surface area contributed by atoms with Gasteiger partial charge in [0.1, 0.15) is 12.0 Å². The second-order valence-corrected chi connectivity index (χ2v) is 3.84. The normalized spacial score (nSPS) is 11.2. The molecule has 0 heterocycles. The van der Waals surface area contributed by atoms with E-state index in [1.165, 1.54) is 12.1 Å². The van der Waals surface area contributed by atoms with Crippen molar-refractivity contribution in [2.24, 2.45) is 0 Å². The number of carbonyl (C=O) groups excluding carboxylic acids is 1. The lowest BCUT2D eigenvalue weighted by Gasteiger charge is -2.14. The van der Waals surface area contributed by atoms with Crippen LogP contribution in [0.4, 0.5) is 13.2 Å². The Kier molecular flexibility index (Phi) is 4.35. The van der Waals surface area contributed by atoms with Gasteiger partial charge in [-0.2, -0.15) is 0 Å². The van der Waals surface area contributed by atoms with Gasteiger partial charge in [-0.1, -0.05) is 12.1 Å². The van der Waals surface area contributed by atoms with Crippen molar-refractivity contribution in [2.45, 2.75) is 19.2 Å². The third-order valence-corrected chi connectivity index (χ3v) is 2.42. The first kappa shape index (κ1) is 13.0. The number of halogens is 4. The van der Waals surface area contributed by atoms with Crippen molar-refractivity contribution >= 4 is 22.2 Å².